The molecule has 3 heteroatoms. The van der Waals surface area contributed by atoms with Crippen LogP contribution in [0.2, 0.25) is 0 Å². The molecule has 0 saturated heterocycles. The molecule has 0 N–H and O–H groups in total. The first-order valence-corrected chi connectivity index (χ1v) is 6.43. The molecule has 0 aromatic heterocycles. The van der Waals surface area contributed by atoms with Crippen molar-refractivity contribution in [2.75, 3.05) is 6.26 Å². The summed E-state index contributed by atoms with van der Waals surface area (Å²) in [4.78, 5) is 0. The van der Waals surface area contributed by atoms with Crippen LogP contribution in [0, 0.1) is 40.4 Å². The molecule has 0 aromatic carbocycles. The van der Waals surface area contributed by atoms with E-state index in [9.17, 15) is 0 Å². The molecule has 1 aliphatic rings. The second-order valence-corrected chi connectivity index (χ2v) is 3.30. The Morgan fingerprint density at radius 2 is 1.60 bits per heavy atom. The van der Waals surface area contributed by atoms with Crippen molar-refractivity contribution in [3.8, 4) is 12.1 Å². The van der Waals surface area contributed by atoms with E-state index in [1.807, 2.05) is 13.8 Å². The number of rotatable bonds is 0. The zero-order valence-corrected chi connectivity index (χ0v) is 11.1. The zero-order valence-electron chi connectivity index (χ0n) is 10.2. The molecule has 0 amide bonds. The molecule has 1 fully saturated rings. The van der Waals surface area contributed by atoms with E-state index in [2.05, 4.69) is 31.7 Å². The molecule has 1 aliphatic carbocycles. The fraction of sp³-hybridized carbons (Fsp3) is 0.833. The molecule has 15 heavy (non-hydrogen) atoms. The lowest BCUT2D eigenvalue weighted by Crippen LogP contribution is -2.24. The third kappa shape index (κ3) is 5.70. The van der Waals surface area contributed by atoms with Crippen LogP contribution < -0.4 is 0 Å². The molecule has 2 nitrogen and oxygen atoms in total. The molecule has 0 aliphatic heterocycles. The molecule has 1 saturated carbocycles. The molecule has 0 spiro atoms. The van der Waals surface area contributed by atoms with Gasteiger partial charge in [0.05, 0.1) is 24.0 Å². The standard InChI is InChI=1S/C9H12N2.C2H6.CH4S/c1-7-3-2-4-8(5-10)9(7)6-11;2*1-2/h7-9H,2-4H2,1H3;1-2H3;2H,1H3. The Balaban J connectivity index is 0. The lowest BCUT2D eigenvalue weighted by Gasteiger charge is -2.27. The smallest absolute Gasteiger partial charge is 0.0672 e. The largest absolute Gasteiger partial charge is 0.198 e. The fourth-order valence-corrected chi connectivity index (χ4v) is 1.78. The van der Waals surface area contributed by atoms with E-state index in [4.69, 9.17) is 10.5 Å². The Bertz CT molecular complexity index is 215. The maximum atomic E-state index is 8.76. The Labute approximate surface area is 99.7 Å². The van der Waals surface area contributed by atoms with Gasteiger partial charge in [0.2, 0.25) is 0 Å². The van der Waals surface area contributed by atoms with Crippen molar-refractivity contribution < 1.29 is 0 Å². The first kappa shape index (κ1) is 16.7. The molecule has 0 aromatic rings. The first-order valence-electron chi connectivity index (χ1n) is 5.53. The number of nitrogens with zero attached hydrogens (tertiary/aromatic N) is 2. The molecule has 3 unspecified atom stereocenters. The molecule has 86 valence electrons. The lowest BCUT2D eigenvalue weighted by atomic mass is 9.74. The second kappa shape index (κ2) is 11.4. The van der Waals surface area contributed by atoms with Gasteiger partial charge >= 0.3 is 0 Å². The van der Waals surface area contributed by atoms with Crippen molar-refractivity contribution >= 4 is 12.6 Å². The average Bonchev–Trinajstić information content (AvgIpc) is 2.33. The lowest BCUT2D eigenvalue weighted by molar-refractivity contribution is 0.259. The highest BCUT2D eigenvalue weighted by Crippen LogP contribution is 2.33. The number of thiol groups is 1. The van der Waals surface area contributed by atoms with Gasteiger partial charge in [-0.15, -0.1) is 0 Å². The number of nitriles is 2. The van der Waals surface area contributed by atoms with Gasteiger partial charge in [-0.1, -0.05) is 27.2 Å². The van der Waals surface area contributed by atoms with Crippen LogP contribution in [-0.4, -0.2) is 6.26 Å². The quantitative estimate of drug-likeness (QED) is 0.641. The SMILES string of the molecule is CC.CC1CCCC(C#N)C1C#N.CS. The van der Waals surface area contributed by atoms with E-state index in [0.717, 1.165) is 19.3 Å². The normalized spacial score (nSPS) is 28.1. The van der Waals surface area contributed by atoms with Crippen molar-refractivity contribution in [2.45, 2.75) is 40.0 Å². The molecular formula is C12H22N2S. The van der Waals surface area contributed by atoms with E-state index in [1.165, 1.54) is 0 Å². The summed E-state index contributed by atoms with van der Waals surface area (Å²) < 4.78 is 0. The third-order valence-corrected chi connectivity index (χ3v) is 2.54. The summed E-state index contributed by atoms with van der Waals surface area (Å²) in [6.45, 7) is 6.07. The fourth-order valence-electron chi connectivity index (χ4n) is 1.78. The van der Waals surface area contributed by atoms with Gasteiger partial charge in [0.1, 0.15) is 0 Å². The summed E-state index contributed by atoms with van der Waals surface area (Å²) >= 11 is 3.53. The van der Waals surface area contributed by atoms with Gasteiger partial charge < -0.3 is 0 Å². The van der Waals surface area contributed by atoms with E-state index >= 15 is 0 Å². The van der Waals surface area contributed by atoms with Crippen LogP contribution in [-0.2, 0) is 0 Å². The third-order valence-electron chi connectivity index (χ3n) is 2.54. The average molecular weight is 226 g/mol. The summed E-state index contributed by atoms with van der Waals surface area (Å²) in [5.41, 5.74) is 0. The van der Waals surface area contributed by atoms with E-state index in [1.54, 1.807) is 6.26 Å². The van der Waals surface area contributed by atoms with Crippen molar-refractivity contribution in [2.24, 2.45) is 17.8 Å². The Morgan fingerprint density at radius 1 is 1.07 bits per heavy atom. The molecular weight excluding hydrogens is 204 g/mol. The van der Waals surface area contributed by atoms with Crippen molar-refractivity contribution in [3.05, 3.63) is 0 Å². The van der Waals surface area contributed by atoms with Crippen LogP contribution in [0.4, 0.5) is 0 Å². The summed E-state index contributed by atoms with van der Waals surface area (Å²) in [7, 11) is 0. The molecule has 0 radical (unpaired) electrons. The summed E-state index contributed by atoms with van der Waals surface area (Å²) in [6.07, 6.45) is 4.83. The second-order valence-electron chi connectivity index (χ2n) is 3.30. The molecule has 1 rings (SSSR count). The maximum Gasteiger partial charge on any atom is 0.0672 e. The van der Waals surface area contributed by atoms with Crippen LogP contribution in [0.25, 0.3) is 0 Å². The van der Waals surface area contributed by atoms with E-state index in [0.29, 0.717) is 5.92 Å². The number of hydrogen-bond donors (Lipinski definition) is 1. The summed E-state index contributed by atoms with van der Waals surface area (Å²) in [6, 6.07) is 4.44. The van der Waals surface area contributed by atoms with Gasteiger partial charge in [0.25, 0.3) is 0 Å². The maximum absolute atomic E-state index is 8.76. The van der Waals surface area contributed by atoms with Crippen LogP contribution in [0.1, 0.15) is 40.0 Å². The van der Waals surface area contributed by atoms with Gasteiger partial charge in [0.15, 0.2) is 0 Å². The van der Waals surface area contributed by atoms with Crippen LogP contribution in [0.15, 0.2) is 0 Å². The monoisotopic (exact) mass is 226 g/mol. The Morgan fingerprint density at radius 3 is 1.93 bits per heavy atom. The predicted octanol–water partition coefficient (Wildman–Crippen LogP) is 3.66. The van der Waals surface area contributed by atoms with Crippen molar-refractivity contribution in [3.63, 3.8) is 0 Å². The van der Waals surface area contributed by atoms with Crippen molar-refractivity contribution in [1.29, 1.82) is 10.5 Å². The Hall–Kier alpha value is -0.670. The van der Waals surface area contributed by atoms with Gasteiger partial charge in [-0.25, -0.2) is 0 Å². The first-order chi connectivity index (χ1) is 7.29. The molecule has 0 heterocycles. The van der Waals surface area contributed by atoms with E-state index < -0.39 is 0 Å². The minimum absolute atomic E-state index is 0.0104. The van der Waals surface area contributed by atoms with Gasteiger partial charge in [-0.05, 0) is 25.0 Å². The minimum atomic E-state index is -0.0197. The van der Waals surface area contributed by atoms with Crippen LogP contribution >= 0.6 is 12.6 Å². The predicted molar refractivity (Wildman–Crippen MR) is 67.5 cm³/mol. The van der Waals surface area contributed by atoms with Crippen molar-refractivity contribution in [1.82, 2.24) is 0 Å². The number of hydrogen-bond acceptors (Lipinski definition) is 3. The highest BCUT2D eigenvalue weighted by Gasteiger charge is 2.30. The van der Waals surface area contributed by atoms with Crippen LogP contribution in [0.5, 0.6) is 0 Å². The topological polar surface area (TPSA) is 47.6 Å². The Kier molecular flexibility index (Phi) is 12.7. The summed E-state index contributed by atoms with van der Waals surface area (Å²) in [5, 5.41) is 17.5. The highest BCUT2D eigenvalue weighted by molar-refractivity contribution is 7.79. The minimum Gasteiger partial charge on any atom is -0.198 e. The van der Waals surface area contributed by atoms with Crippen LogP contribution in [0.3, 0.4) is 0 Å². The molecule has 0 bridgehead atoms. The van der Waals surface area contributed by atoms with Gasteiger partial charge in [-0.2, -0.15) is 23.2 Å². The van der Waals surface area contributed by atoms with Gasteiger partial charge in [0, 0.05) is 0 Å². The highest BCUT2D eigenvalue weighted by atomic mass is 32.1. The molecule has 3 atom stereocenters. The van der Waals surface area contributed by atoms with E-state index in [-0.39, 0.29) is 11.8 Å². The summed E-state index contributed by atoms with van der Waals surface area (Å²) in [5.74, 6) is 0.385. The van der Waals surface area contributed by atoms with Gasteiger partial charge in [-0.3, -0.25) is 0 Å². The zero-order chi connectivity index (χ0) is 12.3.